The van der Waals surface area contributed by atoms with Crippen LogP contribution in [0.1, 0.15) is 10.4 Å². The van der Waals surface area contributed by atoms with E-state index < -0.39 is 11.9 Å². The van der Waals surface area contributed by atoms with Crippen LogP contribution in [0, 0.1) is 0 Å². The number of aliphatic hydroxyl groups excluding tert-OH is 2. The summed E-state index contributed by atoms with van der Waals surface area (Å²) in [6.45, 7) is -0.690. The molecule has 0 aliphatic rings. The number of anilines is 1. The summed E-state index contributed by atoms with van der Waals surface area (Å²) in [4.78, 5) is 11.7. The molecule has 0 spiro atoms. The molecule has 0 atom stereocenters. The van der Waals surface area contributed by atoms with E-state index in [1.165, 1.54) is 6.07 Å². The fourth-order valence-electron chi connectivity index (χ4n) is 1.14. The van der Waals surface area contributed by atoms with Gasteiger partial charge >= 0.3 is 0 Å². The average molecular weight is 245 g/mol. The van der Waals surface area contributed by atoms with Gasteiger partial charge in [-0.1, -0.05) is 17.7 Å². The number of carbonyl (C=O) groups excluding carboxylic acids is 1. The SMILES string of the molecule is Nc1cccc(C(=O)NC(CO)CO)c1Cl. The minimum Gasteiger partial charge on any atom is -0.398 e. The summed E-state index contributed by atoms with van der Waals surface area (Å²) in [5, 5.41) is 20.2. The van der Waals surface area contributed by atoms with Crippen LogP contribution in [-0.2, 0) is 0 Å². The summed E-state index contributed by atoms with van der Waals surface area (Å²) < 4.78 is 0. The second kappa shape index (κ2) is 5.69. The van der Waals surface area contributed by atoms with Crippen molar-refractivity contribution in [3.05, 3.63) is 28.8 Å². The monoisotopic (exact) mass is 244 g/mol. The quantitative estimate of drug-likeness (QED) is 0.561. The molecule has 0 heterocycles. The lowest BCUT2D eigenvalue weighted by Gasteiger charge is -2.14. The van der Waals surface area contributed by atoms with Gasteiger partial charge in [-0.25, -0.2) is 0 Å². The van der Waals surface area contributed by atoms with Crippen LogP contribution < -0.4 is 11.1 Å². The highest BCUT2D eigenvalue weighted by atomic mass is 35.5. The number of aliphatic hydroxyl groups is 2. The lowest BCUT2D eigenvalue weighted by Crippen LogP contribution is -2.40. The van der Waals surface area contributed by atoms with Crippen molar-refractivity contribution in [1.82, 2.24) is 5.32 Å². The number of carbonyl (C=O) groups is 1. The van der Waals surface area contributed by atoms with E-state index in [1.807, 2.05) is 0 Å². The third-order valence-corrected chi connectivity index (χ3v) is 2.47. The molecule has 1 rings (SSSR count). The first kappa shape index (κ1) is 12.8. The van der Waals surface area contributed by atoms with Crippen LogP contribution >= 0.6 is 11.6 Å². The zero-order valence-corrected chi connectivity index (χ0v) is 9.24. The number of benzene rings is 1. The molecule has 0 aromatic heterocycles. The molecule has 16 heavy (non-hydrogen) atoms. The van der Waals surface area contributed by atoms with Crippen molar-refractivity contribution in [2.45, 2.75) is 6.04 Å². The summed E-state index contributed by atoms with van der Waals surface area (Å²) in [5.41, 5.74) is 6.06. The summed E-state index contributed by atoms with van der Waals surface area (Å²) >= 11 is 5.85. The Morgan fingerprint density at radius 2 is 2.06 bits per heavy atom. The Balaban J connectivity index is 2.84. The van der Waals surface area contributed by atoms with Crippen LogP contribution in [0.2, 0.25) is 5.02 Å². The molecule has 0 aliphatic heterocycles. The molecule has 0 radical (unpaired) electrons. The van der Waals surface area contributed by atoms with Crippen molar-refractivity contribution >= 4 is 23.2 Å². The lowest BCUT2D eigenvalue weighted by molar-refractivity contribution is 0.0879. The van der Waals surface area contributed by atoms with E-state index in [-0.39, 0.29) is 23.8 Å². The molecule has 1 amide bonds. The zero-order valence-electron chi connectivity index (χ0n) is 8.48. The Morgan fingerprint density at radius 1 is 1.44 bits per heavy atom. The van der Waals surface area contributed by atoms with E-state index >= 15 is 0 Å². The van der Waals surface area contributed by atoms with E-state index in [2.05, 4.69) is 5.32 Å². The smallest absolute Gasteiger partial charge is 0.253 e. The predicted octanol–water partition coefficient (Wildman–Crippen LogP) is 0.00520. The van der Waals surface area contributed by atoms with Gasteiger partial charge in [-0.15, -0.1) is 0 Å². The van der Waals surface area contributed by atoms with Crippen molar-refractivity contribution in [2.75, 3.05) is 18.9 Å². The first-order chi connectivity index (χ1) is 7.60. The molecule has 6 heteroatoms. The van der Waals surface area contributed by atoms with Crippen molar-refractivity contribution in [3.8, 4) is 0 Å². The molecule has 0 saturated carbocycles. The Morgan fingerprint density at radius 3 is 2.62 bits per heavy atom. The van der Waals surface area contributed by atoms with Crippen LogP contribution in [0.25, 0.3) is 0 Å². The number of hydrogen-bond donors (Lipinski definition) is 4. The molecular weight excluding hydrogens is 232 g/mol. The van der Waals surface area contributed by atoms with E-state index in [1.54, 1.807) is 12.1 Å². The molecule has 0 bridgehead atoms. The molecule has 1 aromatic carbocycles. The summed E-state index contributed by atoms with van der Waals surface area (Å²) in [6, 6.07) is 3.99. The molecule has 5 nitrogen and oxygen atoms in total. The number of amides is 1. The number of halogens is 1. The van der Waals surface area contributed by atoms with E-state index in [4.69, 9.17) is 27.5 Å². The first-order valence-corrected chi connectivity index (χ1v) is 5.04. The molecule has 0 aliphatic carbocycles. The van der Waals surface area contributed by atoms with Gasteiger partial charge in [-0.2, -0.15) is 0 Å². The molecular formula is C10H13ClN2O3. The van der Waals surface area contributed by atoms with Crippen LogP contribution in [0.3, 0.4) is 0 Å². The minimum atomic E-state index is -0.704. The average Bonchev–Trinajstić information content (AvgIpc) is 2.29. The van der Waals surface area contributed by atoms with Crippen molar-refractivity contribution in [1.29, 1.82) is 0 Å². The third-order valence-electron chi connectivity index (χ3n) is 2.05. The standard InChI is InChI=1S/C10H13ClN2O3/c11-9-7(2-1-3-8(9)12)10(16)13-6(4-14)5-15/h1-3,6,14-15H,4-5,12H2,(H,13,16). The van der Waals surface area contributed by atoms with Crippen molar-refractivity contribution < 1.29 is 15.0 Å². The summed E-state index contributed by atoms with van der Waals surface area (Å²) in [6.07, 6.45) is 0. The van der Waals surface area contributed by atoms with Crippen LogP contribution in [0.4, 0.5) is 5.69 Å². The Bertz CT molecular complexity index is 380. The van der Waals surface area contributed by atoms with Crippen LogP contribution in [0.5, 0.6) is 0 Å². The molecule has 1 aromatic rings. The maximum Gasteiger partial charge on any atom is 0.253 e. The van der Waals surface area contributed by atoms with E-state index in [9.17, 15) is 4.79 Å². The molecule has 88 valence electrons. The fourth-order valence-corrected chi connectivity index (χ4v) is 1.35. The maximum atomic E-state index is 11.7. The summed E-state index contributed by atoms with van der Waals surface area (Å²) in [7, 11) is 0. The molecule has 0 unspecified atom stereocenters. The minimum absolute atomic E-state index is 0.162. The zero-order chi connectivity index (χ0) is 12.1. The topological polar surface area (TPSA) is 95.6 Å². The first-order valence-electron chi connectivity index (χ1n) is 4.66. The Labute approximate surface area is 97.8 Å². The van der Waals surface area contributed by atoms with Crippen LogP contribution in [0.15, 0.2) is 18.2 Å². The molecule has 5 N–H and O–H groups in total. The van der Waals surface area contributed by atoms with Crippen molar-refractivity contribution in [3.63, 3.8) is 0 Å². The Hall–Kier alpha value is -1.30. The number of nitrogens with two attached hydrogens (primary N) is 1. The number of hydrogen-bond acceptors (Lipinski definition) is 4. The lowest BCUT2D eigenvalue weighted by atomic mass is 10.1. The van der Waals surface area contributed by atoms with Gasteiger partial charge < -0.3 is 21.3 Å². The van der Waals surface area contributed by atoms with Gasteiger partial charge in [0.25, 0.3) is 5.91 Å². The highest BCUT2D eigenvalue weighted by Gasteiger charge is 2.15. The van der Waals surface area contributed by atoms with Gasteiger partial charge in [0.2, 0.25) is 0 Å². The van der Waals surface area contributed by atoms with Crippen molar-refractivity contribution in [2.24, 2.45) is 0 Å². The van der Waals surface area contributed by atoms with Gasteiger partial charge in [0, 0.05) is 0 Å². The summed E-state index contributed by atoms with van der Waals surface area (Å²) in [5.74, 6) is -0.481. The van der Waals surface area contributed by atoms with E-state index in [0.29, 0.717) is 5.69 Å². The predicted molar refractivity (Wildman–Crippen MR) is 61.3 cm³/mol. The number of rotatable bonds is 4. The third kappa shape index (κ3) is 2.85. The van der Waals surface area contributed by atoms with Gasteiger partial charge in [0.1, 0.15) is 0 Å². The van der Waals surface area contributed by atoms with Gasteiger partial charge in [0.05, 0.1) is 35.5 Å². The second-order valence-electron chi connectivity index (χ2n) is 3.24. The highest BCUT2D eigenvalue weighted by Crippen LogP contribution is 2.22. The second-order valence-corrected chi connectivity index (χ2v) is 3.62. The van der Waals surface area contributed by atoms with Gasteiger partial charge in [-0.3, -0.25) is 4.79 Å². The normalized spacial score (nSPS) is 10.5. The molecule has 0 fully saturated rings. The van der Waals surface area contributed by atoms with Crippen LogP contribution in [-0.4, -0.2) is 35.4 Å². The highest BCUT2D eigenvalue weighted by molar-refractivity contribution is 6.36. The Kier molecular flexibility index (Phi) is 4.54. The largest absolute Gasteiger partial charge is 0.398 e. The number of nitrogen functional groups attached to an aromatic ring is 1. The van der Waals surface area contributed by atoms with Gasteiger partial charge in [0.15, 0.2) is 0 Å². The fraction of sp³-hybridized carbons (Fsp3) is 0.300. The van der Waals surface area contributed by atoms with E-state index in [0.717, 1.165) is 0 Å². The maximum absolute atomic E-state index is 11.7. The molecule has 0 saturated heterocycles. The number of nitrogens with one attached hydrogen (secondary N) is 1. The van der Waals surface area contributed by atoms with Gasteiger partial charge in [-0.05, 0) is 12.1 Å².